The van der Waals surface area contributed by atoms with Crippen molar-refractivity contribution in [2.24, 2.45) is 0 Å². The van der Waals surface area contributed by atoms with Crippen molar-refractivity contribution in [1.29, 1.82) is 0 Å². The maximum absolute atomic E-state index is 13.1. The lowest BCUT2D eigenvalue weighted by atomic mass is 10.3. The van der Waals surface area contributed by atoms with Gasteiger partial charge in [-0.25, -0.2) is 4.98 Å². The molecule has 31 heavy (non-hydrogen) atoms. The van der Waals surface area contributed by atoms with Crippen molar-refractivity contribution in [2.45, 2.75) is 11.4 Å². The molecule has 2 aromatic carbocycles. The zero-order chi connectivity index (χ0) is 21.8. The first-order valence-electron chi connectivity index (χ1n) is 9.13. The molecule has 2 aromatic heterocycles. The van der Waals surface area contributed by atoms with E-state index in [2.05, 4.69) is 9.97 Å². The number of carbonyl (C=O) groups excluding carboxylic acids is 1. The number of halogens is 1. The molecular formula is C21H15ClN4O3S2. The van der Waals surface area contributed by atoms with E-state index < -0.39 is 4.92 Å². The van der Waals surface area contributed by atoms with E-state index in [4.69, 9.17) is 11.6 Å². The van der Waals surface area contributed by atoms with Crippen molar-refractivity contribution >= 4 is 61.6 Å². The molecule has 0 saturated heterocycles. The molecule has 0 spiro atoms. The number of nitrogens with zero attached hydrogens (tertiary/aromatic N) is 4. The number of nitro groups is 1. The quantitative estimate of drug-likeness (QED) is 0.199. The molecule has 4 rings (SSSR count). The topological polar surface area (TPSA) is 89.2 Å². The number of carbonyl (C=O) groups is 1. The van der Waals surface area contributed by atoms with Crippen molar-refractivity contribution in [1.82, 2.24) is 9.97 Å². The van der Waals surface area contributed by atoms with Crippen LogP contribution in [0.4, 0.5) is 10.8 Å². The van der Waals surface area contributed by atoms with Gasteiger partial charge in [0.15, 0.2) is 5.13 Å². The SMILES string of the molecule is O=C(CSc1ccc(Cl)cc1)N(Cc1ccccn1)c1nc2ccc([N+](=O)[O-])cc2s1. The number of amides is 1. The smallest absolute Gasteiger partial charge is 0.270 e. The fraction of sp³-hybridized carbons (Fsp3) is 0.0952. The van der Waals surface area contributed by atoms with E-state index in [1.807, 2.05) is 30.3 Å². The summed E-state index contributed by atoms with van der Waals surface area (Å²) in [6.07, 6.45) is 1.67. The van der Waals surface area contributed by atoms with Gasteiger partial charge in [0, 0.05) is 28.2 Å². The predicted molar refractivity (Wildman–Crippen MR) is 124 cm³/mol. The number of aromatic nitrogens is 2. The summed E-state index contributed by atoms with van der Waals surface area (Å²) < 4.78 is 0.647. The fourth-order valence-electron chi connectivity index (χ4n) is 2.80. The van der Waals surface area contributed by atoms with Gasteiger partial charge < -0.3 is 0 Å². The largest absolute Gasteiger partial charge is 0.281 e. The average Bonchev–Trinajstić information content (AvgIpc) is 3.20. The minimum atomic E-state index is -0.446. The molecule has 0 N–H and O–H groups in total. The Hall–Kier alpha value is -3.01. The molecule has 7 nitrogen and oxygen atoms in total. The lowest BCUT2D eigenvalue weighted by molar-refractivity contribution is -0.384. The van der Waals surface area contributed by atoms with Gasteiger partial charge in [-0.15, -0.1) is 11.8 Å². The van der Waals surface area contributed by atoms with Crippen molar-refractivity contribution in [3.63, 3.8) is 0 Å². The van der Waals surface area contributed by atoms with Crippen LogP contribution in [0.2, 0.25) is 5.02 Å². The number of hydrogen-bond donors (Lipinski definition) is 0. The number of pyridine rings is 1. The molecule has 1 amide bonds. The van der Waals surface area contributed by atoms with E-state index in [-0.39, 0.29) is 23.9 Å². The van der Waals surface area contributed by atoms with Gasteiger partial charge in [0.1, 0.15) is 0 Å². The number of hydrogen-bond acceptors (Lipinski definition) is 7. The summed E-state index contributed by atoms with van der Waals surface area (Å²) in [5, 5.41) is 12.2. The first-order valence-corrected chi connectivity index (χ1v) is 11.3. The normalized spacial score (nSPS) is 10.9. The Balaban J connectivity index is 1.61. The van der Waals surface area contributed by atoms with Crippen molar-refractivity contribution < 1.29 is 9.72 Å². The number of non-ortho nitro benzene ring substituents is 1. The zero-order valence-corrected chi connectivity index (χ0v) is 18.4. The van der Waals surface area contributed by atoms with E-state index >= 15 is 0 Å². The molecule has 0 aliphatic carbocycles. The van der Waals surface area contributed by atoms with Crippen LogP contribution in [0.5, 0.6) is 0 Å². The summed E-state index contributed by atoms with van der Waals surface area (Å²) in [5.41, 5.74) is 1.32. The Morgan fingerprint density at radius 1 is 1.16 bits per heavy atom. The van der Waals surface area contributed by atoms with Gasteiger partial charge in [-0.05, 0) is 42.5 Å². The van der Waals surface area contributed by atoms with Crippen molar-refractivity contribution in [3.8, 4) is 0 Å². The van der Waals surface area contributed by atoms with Crippen LogP contribution in [0.1, 0.15) is 5.69 Å². The number of nitro benzene ring substituents is 1. The molecule has 0 radical (unpaired) electrons. The predicted octanol–water partition coefficient (Wildman–Crippen LogP) is 5.58. The molecule has 156 valence electrons. The van der Waals surface area contributed by atoms with Crippen LogP contribution < -0.4 is 4.90 Å². The molecule has 2 heterocycles. The highest BCUT2D eigenvalue weighted by atomic mass is 35.5. The fourth-order valence-corrected chi connectivity index (χ4v) is 4.72. The van der Waals surface area contributed by atoms with Crippen molar-refractivity contribution in [2.75, 3.05) is 10.7 Å². The Morgan fingerprint density at radius 2 is 1.97 bits per heavy atom. The van der Waals surface area contributed by atoms with Crippen LogP contribution in [0, 0.1) is 10.1 Å². The molecule has 0 saturated carbocycles. The summed E-state index contributed by atoms with van der Waals surface area (Å²) in [5.74, 6) is 0.0593. The number of benzene rings is 2. The second-order valence-electron chi connectivity index (χ2n) is 6.45. The minimum absolute atomic E-state index is 0.0106. The number of anilines is 1. The molecule has 0 atom stereocenters. The summed E-state index contributed by atoms with van der Waals surface area (Å²) in [7, 11) is 0. The van der Waals surface area contributed by atoms with Crippen LogP contribution in [0.15, 0.2) is 71.8 Å². The summed E-state index contributed by atoms with van der Waals surface area (Å²) in [6.45, 7) is 0.253. The molecule has 0 unspecified atom stereocenters. The summed E-state index contributed by atoms with van der Waals surface area (Å²) in [4.78, 5) is 35.1. The molecule has 0 bridgehead atoms. The highest BCUT2D eigenvalue weighted by Crippen LogP contribution is 2.33. The third-order valence-corrected chi connectivity index (χ3v) is 6.62. The summed E-state index contributed by atoms with van der Waals surface area (Å²) in [6, 6.07) is 17.3. The monoisotopic (exact) mass is 470 g/mol. The first-order chi connectivity index (χ1) is 15.0. The highest BCUT2D eigenvalue weighted by Gasteiger charge is 2.22. The van der Waals surface area contributed by atoms with Gasteiger partial charge in [0.05, 0.1) is 33.1 Å². The van der Waals surface area contributed by atoms with Crippen LogP contribution in [-0.2, 0) is 11.3 Å². The molecule has 4 aromatic rings. The third kappa shape index (κ3) is 5.19. The van der Waals surface area contributed by atoms with Crippen LogP contribution in [0.25, 0.3) is 10.2 Å². The van der Waals surface area contributed by atoms with Gasteiger partial charge >= 0.3 is 0 Å². The van der Waals surface area contributed by atoms with E-state index in [1.54, 1.807) is 29.3 Å². The number of rotatable bonds is 7. The Kier molecular flexibility index (Phi) is 6.45. The second-order valence-corrected chi connectivity index (χ2v) is 8.94. The van der Waals surface area contributed by atoms with Crippen LogP contribution in [0.3, 0.4) is 0 Å². The standard InChI is InChI=1S/C21H15ClN4O3S2/c22-14-4-7-17(8-5-14)30-13-20(27)25(12-15-3-1-2-10-23-15)21-24-18-9-6-16(26(28)29)11-19(18)31-21/h1-11H,12-13H2. The summed E-state index contributed by atoms with van der Waals surface area (Å²) >= 11 is 8.57. The second kappa shape index (κ2) is 9.42. The molecular weight excluding hydrogens is 456 g/mol. The van der Waals surface area contributed by atoms with Gasteiger partial charge in [0.25, 0.3) is 5.69 Å². The van der Waals surface area contributed by atoms with Crippen LogP contribution in [-0.4, -0.2) is 26.6 Å². The number of thioether (sulfide) groups is 1. The average molecular weight is 471 g/mol. The Bertz CT molecular complexity index is 1230. The van der Waals surface area contributed by atoms with Gasteiger partial charge in [-0.1, -0.05) is 29.0 Å². The molecule has 0 aliphatic heterocycles. The highest BCUT2D eigenvalue weighted by molar-refractivity contribution is 8.00. The molecule has 0 fully saturated rings. The van der Waals surface area contributed by atoms with Gasteiger partial charge in [-0.3, -0.25) is 24.8 Å². The van der Waals surface area contributed by atoms with E-state index in [0.29, 0.717) is 20.4 Å². The number of fused-ring (bicyclic) bond motifs is 1. The van der Waals surface area contributed by atoms with Gasteiger partial charge in [-0.2, -0.15) is 0 Å². The lowest BCUT2D eigenvalue weighted by Crippen LogP contribution is -2.32. The minimum Gasteiger partial charge on any atom is -0.281 e. The lowest BCUT2D eigenvalue weighted by Gasteiger charge is -2.19. The number of thiazole rings is 1. The molecule has 10 heteroatoms. The van der Waals surface area contributed by atoms with E-state index in [9.17, 15) is 14.9 Å². The maximum Gasteiger partial charge on any atom is 0.270 e. The Morgan fingerprint density at radius 3 is 2.68 bits per heavy atom. The third-order valence-electron chi connectivity index (χ3n) is 4.33. The van der Waals surface area contributed by atoms with Gasteiger partial charge in [0.2, 0.25) is 5.91 Å². The van der Waals surface area contributed by atoms with E-state index in [0.717, 1.165) is 10.6 Å². The van der Waals surface area contributed by atoms with E-state index in [1.165, 1.54) is 35.2 Å². The Labute approximate surface area is 190 Å². The first kappa shape index (κ1) is 21.2. The molecule has 0 aliphatic rings. The maximum atomic E-state index is 13.1. The van der Waals surface area contributed by atoms with Crippen molar-refractivity contribution in [3.05, 3.63) is 87.7 Å². The van der Waals surface area contributed by atoms with Crippen LogP contribution >= 0.6 is 34.7 Å². The zero-order valence-electron chi connectivity index (χ0n) is 16.0.